The summed E-state index contributed by atoms with van der Waals surface area (Å²) in [5.41, 5.74) is 2.84. The topological polar surface area (TPSA) is 79.3 Å². The van der Waals surface area contributed by atoms with E-state index in [1.807, 2.05) is 18.2 Å². The molecule has 136 valence electrons. The standard InChI is InChI=1S/C18H22BClN4O2/c1-2-11-6-5-9-13-15(11)19(25)26-17(13)24-18-21-10-14(20)16(23-18)22-12-7-3-4-8-12/h5-6,9-10,12,17,25H,2-4,7-8H2,1H3,(H2,21,22,23,24). The molecule has 2 heterocycles. The van der Waals surface area contributed by atoms with Gasteiger partial charge in [-0.1, -0.05) is 49.6 Å². The van der Waals surface area contributed by atoms with Gasteiger partial charge in [0.15, 0.2) is 5.82 Å². The zero-order valence-electron chi connectivity index (χ0n) is 14.7. The van der Waals surface area contributed by atoms with Gasteiger partial charge in [-0.3, -0.25) is 0 Å². The van der Waals surface area contributed by atoms with Crippen molar-refractivity contribution in [1.29, 1.82) is 0 Å². The number of halogens is 1. The highest BCUT2D eigenvalue weighted by molar-refractivity contribution is 6.62. The first-order valence-corrected chi connectivity index (χ1v) is 9.54. The average molecular weight is 373 g/mol. The first-order valence-electron chi connectivity index (χ1n) is 9.16. The van der Waals surface area contributed by atoms with Crippen LogP contribution >= 0.6 is 11.6 Å². The van der Waals surface area contributed by atoms with Crippen LogP contribution in [0.3, 0.4) is 0 Å². The van der Waals surface area contributed by atoms with Crippen LogP contribution < -0.4 is 16.1 Å². The predicted octanol–water partition coefficient (Wildman–Crippen LogP) is 2.88. The number of rotatable bonds is 5. The Bertz CT molecular complexity index is 801. The lowest BCUT2D eigenvalue weighted by atomic mass is 9.75. The number of nitrogens with zero attached hydrogens (tertiary/aromatic N) is 2. The molecule has 4 rings (SSSR count). The largest absolute Gasteiger partial charge is 0.493 e. The fourth-order valence-corrected chi connectivity index (χ4v) is 3.92. The molecule has 0 radical (unpaired) electrons. The van der Waals surface area contributed by atoms with Crippen LogP contribution in [0.15, 0.2) is 24.4 Å². The summed E-state index contributed by atoms with van der Waals surface area (Å²) in [5.74, 6) is 1.05. The number of fused-ring (bicyclic) bond motifs is 1. The lowest BCUT2D eigenvalue weighted by Gasteiger charge is -2.17. The molecule has 0 saturated heterocycles. The van der Waals surface area contributed by atoms with E-state index >= 15 is 0 Å². The van der Waals surface area contributed by atoms with Crippen molar-refractivity contribution < 1.29 is 9.68 Å². The number of anilines is 2. The van der Waals surface area contributed by atoms with Gasteiger partial charge in [0.2, 0.25) is 5.95 Å². The van der Waals surface area contributed by atoms with E-state index in [0.717, 1.165) is 35.9 Å². The maximum absolute atomic E-state index is 10.3. The molecule has 1 aromatic carbocycles. The Morgan fingerprint density at radius 1 is 1.31 bits per heavy atom. The lowest BCUT2D eigenvalue weighted by Crippen LogP contribution is -2.31. The van der Waals surface area contributed by atoms with Crippen molar-refractivity contribution >= 4 is 35.9 Å². The Kier molecular flexibility index (Phi) is 5.02. The van der Waals surface area contributed by atoms with E-state index in [1.54, 1.807) is 6.20 Å². The summed E-state index contributed by atoms with van der Waals surface area (Å²) in [6.07, 6.45) is 6.66. The molecule has 6 nitrogen and oxygen atoms in total. The maximum Gasteiger partial charge on any atom is 0.493 e. The van der Waals surface area contributed by atoms with Crippen LogP contribution in [0.5, 0.6) is 0 Å². The third-order valence-corrected chi connectivity index (χ3v) is 5.38. The summed E-state index contributed by atoms with van der Waals surface area (Å²) < 4.78 is 5.69. The van der Waals surface area contributed by atoms with Crippen LogP contribution in [0.2, 0.25) is 5.02 Å². The third-order valence-electron chi connectivity index (χ3n) is 5.11. The number of nitrogens with one attached hydrogen (secondary N) is 2. The van der Waals surface area contributed by atoms with E-state index < -0.39 is 13.3 Å². The van der Waals surface area contributed by atoms with Crippen molar-refractivity contribution in [2.45, 2.75) is 51.3 Å². The van der Waals surface area contributed by atoms with Crippen LogP contribution in [0.1, 0.15) is 50.0 Å². The molecule has 26 heavy (non-hydrogen) atoms. The molecule has 1 aliphatic carbocycles. The third kappa shape index (κ3) is 3.39. The molecule has 2 aromatic rings. The second kappa shape index (κ2) is 7.43. The van der Waals surface area contributed by atoms with Gasteiger partial charge in [-0.2, -0.15) is 4.98 Å². The molecular formula is C18H22BClN4O2. The Balaban J connectivity index is 1.55. The summed E-state index contributed by atoms with van der Waals surface area (Å²) in [5, 5.41) is 17.4. The van der Waals surface area contributed by atoms with Gasteiger partial charge in [-0.15, -0.1) is 0 Å². The quantitative estimate of drug-likeness (QED) is 0.700. The van der Waals surface area contributed by atoms with Crippen molar-refractivity contribution in [3.8, 4) is 0 Å². The Morgan fingerprint density at radius 2 is 2.12 bits per heavy atom. The second-order valence-corrected chi connectivity index (χ2v) is 7.21. The SMILES string of the molecule is CCc1cccc2c1B(O)OC2Nc1ncc(Cl)c(NC2CCCC2)n1. The molecule has 8 heteroatoms. The maximum atomic E-state index is 10.3. The van der Waals surface area contributed by atoms with Gasteiger partial charge >= 0.3 is 7.12 Å². The highest BCUT2D eigenvalue weighted by atomic mass is 35.5. The van der Waals surface area contributed by atoms with Gasteiger partial charge in [0, 0.05) is 6.04 Å². The van der Waals surface area contributed by atoms with E-state index in [0.29, 0.717) is 22.8 Å². The normalized spacial score (nSPS) is 19.7. The molecule has 2 aliphatic rings. The molecule has 1 saturated carbocycles. The van der Waals surface area contributed by atoms with E-state index in [1.165, 1.54) is 12.8 Å². The smallest absolute Gasteiger partial charge is 0.423 e. The van der Waals surface area contributed by atoms with Crippen molar-refractivity contribution in [2.24, 2.45) is 0 Å². The molecule has 0 spiro atoms. The van der Waals surface area contributed by atoms with Gasteiger partial charge in [0.25, 0.3) is 0 Å². The molecule has 1 unspecified atom stereocenters. The first-order chi connectivity index (χ1) is 12.7. The fraction of sp³-hybridized carbons (Fsp3) is 0.444. The Hall–Kier alpha value is -1.83. The van der Waals surface area contributed by atoms with Crippen molar-refractivity contribution in [3.63, 3.8) is 0 Å². The highest BCUT2D eigenvalue weighted by Crippen LogP contribution is 2.29. The monoisotopic (exact) mass is 372 g/mol. The van der Waals surface area contributed by atoms with Crippen molar-refractivity contribution in [2.75, 3.05) is 10.6 Å². The lowest BCUT2D eigenvalue weighted by molar-refractivity contribution is 0.215. The molecule has 3 N–H and O–H groups in total. The number of hydrogen-bond acceptors (Lipinski definition) is 6. The van der Waals surface area contributed by atoms with Crippen LogP contribution in [0.25, 0.3) is 0 Å². The minimum Gasteiger partial charge on any atom is -0.423 e. The van der Waals surface area contributed by atoms with Gasteiger partial charge in [-0.25, -0.2) is 4.98 Å². The fourth-order valence-electron chi connectivity index (χ4n) is 3.77. The predicted molar refractivity (Wildman–Crippen MR) is 104 cm³/mol. The van der Waals surface area contributed by atoms with Crippen LogP contribution in [0, 0.1) is 0 Å². The van der Waals surface area contributed by atoms with Crippen LogP contribution in [-0.2, 0) is 11.1 Å². The molecule has 1 fully saturated rings. The zero-order chi connectivity index (χ0) is 18.1. The summed E-state index contributed by atoms with van der Waals surface area (Å²) in [4.78, 5) is 8.77. The summed E-state index contributed by atoms with van der Waals surface area (Å²) in [6, 6.07) is 6.35. The molecule has 1 aliphatic heterocycles. The van der Waals surface area contributed by atoms with Gasteiger partial charge in [0.05, 0.1) is 6.20 Å². The van der Waals surface area contributed by atoms with Gasteiger partial charge < -0.3 is 20.3 Å². The number of aromatic nitrogens is 2. The number of aryl methyl sites for hydroxylation is 1. The van der Waals surface area contributed by atoms with Crippen molar-refractivity contribution in [3.05, 3.63) is 40.5 Å². The molecule has 1 aromatic heterocycles. The Labute approximate surface area is 158 Å². The number of benzene rings is 1. The molecule has 1 atom stereocenters. The molecule has 0 bridgehead atoms. The minimum atomic E-state index is -0.943. The van der Waals surface area contributed by atoms with E-state index in [-0.39, 0.29) is 0 Å². The van der Waals surface area contributed by atoms with Crippen LogP contribution in [0.4, 0.5) is 11.8 Å². The average Bonchev–Trinajstić information content (AvgIpc) is 3.26. The summed E-state index contributed by atoms with van der Waals surface area (Å²) >= 11 is 6.25. The summed E-state index contributed by atoms with van der Waals surface area (Å²) in [7, 11) is -0.943. The van der Waals surface area contributed by atoms with E-state index in [9.17, 15) is 5.02 Å². The Morgan fingerprint density at radius 3 is 2.88 bits per heavy atom. The van der Waals surface area contributed by atoms with E-state index in [4.69, 9.17) is 16.3 Å². The summed E-state index contributed by atoms with van der Waals surface area (Å²) in [6.45, 7) is 2.06. The molecular weight excluding hydrogens is 350 g/mol. The highest BCUT2D eigenvalue weighted by Gasteiger charge is 2.37. The minimum absolute atomic E-state index is 0.410. The van der Waals surface area contributed by atoms with E-state index in [2.05, 4.69) is 27.5 Å². The zero-order valence-corrected chi connectivity index (χ0v) is 15.5. The van der Waals surface area contributed by atoms with Crippen molar-refractivity contribution in [1.82, 2.24) is 9.97 Å². The second-order valence-electron chi connectivity index (χ2n) is 6.80. The van der Waals surface area contributed by atoms with Gasteiger partial charge in [-0.05, 0) is 35.9 Å². The number of hydrogen-bond donors (Lipinski definition) is 3. The first kappa shape index (κ1) is 17.6. The van der Waals surface area contributed by atoms with Gasteiger partial charge in [0.1, 0.15) is 11.3 Å². The van der Waals surface area contributed by atoms with Crippen LogP contribution in [-0.4, -0.2) is 28.2 Å². The molecule has 0 amide bonds.